The van der Waals surface area contributed by atoms with Crippen molar-refractivity contribution in [3.8, 4) is 0 Å². The van der Waals surface area contributed by atoms with Gasteiger partial charge in [0.25, 0.3) is 0 Å². The van der Waals surface area contributed by atoms with Gasteiger partial charge in [-0.05, 0) is 31.0 Å². The van der Waals surface area contributed by atoms with E-state index < -0.39 is 0 Å². The number of nitrogens with one attached hydrogen (secondary N) is 1. The Morgan fingerprint density at radius 3 is 2.42 bits per heavy atom. The molecule has 1 aliphatic carbocycles. The summed E-state index contributed by atoms with van der Waals surface area (Å²) in [7, 11) is 0. The van der Waals surface area contributed by atoms with Crippen LogP contribution in [0.1, 0.15) is 32.1 Å². The van der Waals surface area contributed by atoms with E-state index >= 15 is 0 Å². The molecule has 0 heterocycles. The molecular weight excluding hydrogens is 301 g/mol. The van der Waals surface area contributed by atoms with Crippen LogP contribution in [-0.4, -0.2) is 16.9 Å². The molecule has 2 nitrogen and oxygen atoms in total. The molecule has 0 saturated heterocycles. The van der Waals surface area contributed by atoms with Gasteiger partial charge in [-0.25, -0.2) is 0 Å². The highest BCUT2D eigenvalue weighted by molar-refractivity contribution is 8.00. The van der Waals surface area contributed by atoms with Crippen molar-refractivity contribution in [3.05, 3.63) is 28.2 Å². The lowest BCUT2D eigenvalue weighted by molar-refractivity contribution is -0.113. The van der Waals surface area contributed by atoms with E-state index in [1.807, 2.05) is 0 Å². The lowest BCUT2D eigenvalue weighted by atomic mass is 10.0. The first-order valence-electron chi connectivity index (χ1n) is 6.51. The summed E-state index contributed by atoms with van der Waals surface area (Å²) in [5.41, 5.74) is 0.659. The zero-order valence-electron chi connectivity index (χ0n) is 10.6. The maximum Gasteiger partial charge on any atom is 0.234 e. The monoisotopic (exact) mass is 317 g/mol. The summed E-state index contributed by atoms with van der Waals surface area (Å²) in [6.45, 7) is 0. The van der Waals surface area contributed by atoms with Gasteiger partial charge in [-0.2, -0.15) is 0 Å². The van der Waals surface area contributed by atoms with Crippen LogP contribution in [0.3, 0.4) is 0 Å². The first kappa shape index (κ1) is 15.0. The van der Waals surface area contributed by atoms with Crippen LogP contribution >= 0.6 is 35.0 Å². The van der Waals surface area contributed by atoms with E-state index in [1.54, 1.807) is 30.0 Å². The van der Waals surface area contributed by atoms with Crippen molar-refractivity contribution in [3.63, 3.8) is 0 Å². The molecule has 1 saturated carbocycles. The van der Waals surface area contributed by atoms with E-state index in [4.69, 9.17) is 23.2 Å². The molecule has 1 aromatic carbocycles. The Labute approximate surface area is 128 Å². The molecule has 0 atom stereocenters. The average molecular weight is 318 g/mol. The Morgan fingerprint density at radius 1 is 1.16 bits per heavy atom. The van der Waals surface area contributed by atoms with Gasteiger partial charge >= 0.3 is 0 Å². The second-order valence-electron chi connectivity index (χ2n) is 4.78. The summed E-state index contributed by atoms with van der Waals surface area (Å²) >= 11 is 13.5. The largest absolute Gasteiger partial charge is 0.325 e. The minimum absolute atomic E-state index is 0.00825. The van der Waals surface area contributed by atoms with E-state index in [9.17, 15) is 4.79 Å². The number of rotatable bonds is 4. The van der Waals surface area contributed by atoms with Gasteiger partial charge in [0.05, 0.1) is 5.75 Å². The lowest BCUT2D eigenvalue weighted by Gasteiger charge is -2.20. The average Bonchev–Trinajstić information content (AvgIpc) is 2.36. The minimum Gasteiger partial charge on any atom is -0.325 e. The molecule has 19 heavy (non-hydrogen) atoms. The summed E-state index contributed by atoms with van der Waals surface area (Å²) in [5.74, 6) is 0.503. The first-order valence-corrected chi connectivity index (χ1v) is 8.31. The number of amides is 1. The third kappa shape index (κ3) is 5.25. The molecular formula is C14H17Cl2NOS. The van der Waals surface area contributed by atoms with E-state index in [0.29, 0.717) is 26.7 Å². The van der Waals surface area contributed by atoms with Gasteiger partial charge in [0.1, 0.15) is 0 Å². The Bertz CT molecular complexity index is 427. The number of benzene rings is 1. The Kier molecular flexibility index (Phi) is 5.86. The molecule has 1 aliphatic rings. The molecule has 0 spiro atoms. The number of carbonyl (C=O) groups excluding carboxylic acids is 1. The summed E-state index contributed by atoms with van der Waals surface area (Å²) in [5, 5.41) is 4.54. The Morgan fingerprint density at radius 2 is 1.79 bits per heavy atom. The Hall–Kier alpha value is -0.380. The molecule has 5 heteroatoms. The van der Waals surface area contributed by atoms with E-state index in [-0.39, 0.29) is 5.91 Å². The van der Waals surface area contributed by atoms with Crippen molar-refractivity contribution in [1.82, 2.24) is 0 Å². The molecule has 2 rings (SSSR count). The van der Waals surface area contributed by atoms with Crippen LogP contribution in [0.5, 0.6) is 0 Å². The fourth-order valence-electron chi connectivity index (χ4n) is 2.25. The van der Waals surface area contributed by atoms with Gasteiger partial charge in [0, 0.05) is 21.0 Å². The van der Waals surface area contributed by atoms with Crippen LogP contribution in [0.15, 0.2) is 18.2 Å². The molecule has 1 fully saturated rings. The van der Waals surface area contributed by atoms with Gasteiger partial charge in [0.15, 0.2) is 0 Å². The molecule has 1 aromatic rings. The van der Waals surface area contributed by atoms with Crippen molar-refractivity contribution in [2.45, 2.75) is 37.4 Å². The maximum absolute atomic E-state index is 11.9. The first-order chi connectivity index (χ1) is 9.13. The maximum atomic E-state index is 11.9. The minimum atomic E-state index is 0.00825. The highest BCUT2D eigenvalue weighted by Crippen LogP contribution is 2.28. The normalized spacial score (nSPS) is 16.3. The quantitative estimate of drug-likeness (QED) is 0.846. The van der Waals surface area contributed by atoms with E-state index in [1.165, 1.54) is 32.1 Å². The predicted octanol–water partition coefficient (Wildman–Crippen LogP) is 5.00. The summed E-state index contributed by atoms with van der Waals surface area (Å²) in [6, 6.07) is 5.06. The second-order valence-corrected chi connectivity index (χ2v) is 6.94. The van der Waals surface area contributed by atoms with Gasteiger partial charge in [-0.3, -0.25) is 4.79 Å². The molecule has 104 valence electrons. The number of anilines is 1. The van der Waals surface area contributed by atoms with Crippen molar-refractivity contribution in [2.24, 2.45) is 0 Å². The van der Waals surface area contributed by atoms with Gasteiger partial charge in [-0.15, -0.1) is 11.8 Å². The fraction of sp³-hybridized carbons (Fsp3) is 0.500. The SMILES string of the molecule is O=C(CSC1CCCCC1)Nc1cc(Cl)cc(Cl)c1. The van der Waals surface area contributed by atoms with Crippen LogP contribution in [-0.2, 0) is 4.79 Å². The molecule has 1 N–H and O–H groups in total. The Balaban J connectivity index is 1.80. The van der Waals surface area contributed by atoms with Crippen LogP contribution in [0, 0.1) is 0 Å². The lowest BCUT2D eigenvalue weighted by Crippen LogP contribution is -2.17. The highest BCUT2D eigenvalue weighted by Gasteiger charge is 2.15. The van der Waals surface area contributed by atoms with Crippen LogP contribution in [0.4, 0.5) is 5.69 Å². The third-order valence-corrected chi connectivity index (χ3v) is 4.96. The smallest absolute Gasteiger partial charge is 0.234 e. The number of thioether (sulfide) groups is 1. The van der Waals surface area contributed by atoms with Crippen molar-refractivity contribution in [1.29, 1.82) is 0 Å². The molecule has 0 radical (unpaired) electrons. The molecule has 0 aliphatic heterocycles. The molecule has 0 unspecified atom stereocenters. The predicted molar refractivity (Wildman–Crippen MR) is 84.4 cm³/mol. The summed E-state index contributed by atoms with van der Waals surface area (Å²) in [4.78, 5) is 11.9. The van der Waals surface area contributed by atoms with Crippen LogP contribution in [0.2, 0.25) is 10.0 Å². The number of halogens is 2. The van der Waals surface area contributed by atoms with E-state index in [0.717, 1.165) is 0 Å². The standard InChI is InChI=1S/C14H17Cl2NOS/c15-10-6-11(16)8-12(7-10)17-14(18)9-19-13-4-2-1-3-5-13/h6-8,13H,1-5,9H2,(H,17,18). The highest BCUT2D eigenvalue weighted by atomic mass is 35.5. The van der Waals surface area contributed by atoms with Crippen molar-refractivity contribution >= 4 is 46.6 Å². The molecule has 0 aromatic heterocycles. The zero-order chi connectivity index (χ0) is 13.7. The second kappa shape index (κ2) is 7.41. The fourth-order valence-corrected chi connectivity index (χ4v) is 3.90. The number of carbonyl (C=O) groups is 1. The summed E-state index contributed by atoms with van der Waals surface area (Å²) in [6.07, 6.45) is 6.40. The summed E-state index contributed by atoms with van der Waals surface area (Å²) < 4.78 is 0. The number of hydrogen-bond donors (Lipinski definition) is 1. The van der Waals surface area contributed by atoms with Crippen molar-refractivity contribution < 1.29 is 4.79 Å². The van der Waals surface area contributed by atoms with Gasteiger partial charge in [-0.1, -0.05) is 42.5 Å². The zero-order valence-corrected chi connectivity index (χ0v) is 13.0. The van der Waals surface area contributed by atoms with E-state index in [2.05, 4.69) is 5.32 Å². The molecule has 0 bridgehead atoms. The number of hydrogen-bond acceptors (Lipinski definition) is 2. The topological polar surface area (TPSA) is 29.1 Å². The van der Waals surface area contributed by atoms with Crippen molar-refractivity contribution in [2.75, 3.05) is 11.1 Å². The third-order valence-electron chi connectivity index (χ3n) is 3.15. The van der Waals surface area contributed by atoms with Gasteiger partial charge in [0.2, 0.25) is 5.91 Å². The van der Waals surface area contributed by atoms with Gasteiger partial charge < -0.3 is 5.32 Å². The van der Waals surface area contributed by atoms with Crippen LogP contribution < -0.4 is 5.32 Å². The molecule has 1 amide bonds. The van der Waals surface area contributed by atoms with Crippen LogP contribution in [0.25, 0.3) is 0 Å².